The fourth-order valence-corrected chi connectivity index (χ4v) is 2.11. The Morgan fingerprint density at radius 3 is 2.41 bits per heavy atom. The lowest BCUT2D eigenvalue weighted by molar-refractivity contribution is -0.139. The van der Waals surface area contributed by atoms with Crippen LogP contribution in [0, 0.1) is 0 Å². The second-order valence-electron chi connectivity index (χ2n) is 7.04. The van der Waals surface area contributed by atoms with E-state index in [2.05, 4.69) is 20.7 Å². The number of benzene rings is 1. The van der Waals surface area contributed by atoms with Crippen LogP contribution in [0.5, 0.6) is 0 Å². The van der Waals surface area contributed by atoms with Gasteiger partial charge in [-0.3, -0.25) is 0 Å². The van der Waals surface area contributed by atoms with E-state index in [9.17, 15) is 19.5 Å². The van der Waals surface area contributed by atoms with Gasteiger partial charge in [-0.2, -0.15) is 0 Å². The van der Waals surface area contributed by atoms with Gasteiger partial charge in [0, 0.05) is 17.1 Å². The highest BCUT2D eigenvalue weighted by Crippen LogP contribution is 2.13. The molecule has 0 saturated carbocycles. The molecule has 0 aliphatic carbocycles. The highest BCUT2D eigenvalue weighted by molar-refractivity contribution is 5.80. The molecule has 1 atom stereocenters. The molecule has 11 heteroatoms. The summed E-state index contributed by atoms with van der Waals surface area (Å²) < 4.78 is 10.1. The van der Waals surface area contributed by atoms with Gasteiger partial charge in [0.25, 0.3) is 0 Å². The van der Waals surface area contributed by atoms with E-state index in [0.29, 0.717) is 17.7 Å². The van der Waals surface area contributed by atoms with Crippen molar-refractivity contribution in [3.05, 3.63) is 40.3 Å². The van der Waals surface area contributed by atoms with Crippen LogP contribution < -0.4 is 10.6 Å². The molecule has 0 fully saturated rings. The summed E-state index contributed by atoms with van der Waals surface area (Å²) in [7, 11) is 0. The van der Waals surface area contributed by atoms with Crippen molar-refractivity contribution in [1.29, 1.82) is 0 Å². The number of hydrogen-bond donors (Lipinski definition) is 3. The van der Waals surface area contributed by atoms with E-state index in [1.165, 1.54) is 0 Å². The molecular formula is C18H25N5O6. The van der Waals surface area contributed by atoms with Gasteiger partial charge >= 0.3 is 18.2 Å². The maximum absolute atomic E-state index is 11.7. The predicted molar refractivity (Wildman–Crippen MR) is 103 cm³/mol. The second-order valence-corrected chi connectivity index (χ2v) is 7.04. The zero-order chi connectivity index (χ0) is 21.9. The highest BCUT2D eigenvalue weighted by Gasteiger charge is 2.23. The molecule has 1 rings (SSSR count). The molecule has 1 aromatic carbocycles. The summed E-state index contributed by atoms with van der Waals surface area (Å²) in [6.45, 7) is 5.22. The summed E-state index contributed by atoms with van der Waals surface area (Å²) in [4.78, 5) is 37.3. The third-order valence-electron chi connectivity index (χ3n) is 3.39. The fourth-order valence-electron chi connectivity index (χ4n) is 2.11. The van der Waals surface area contributed by atoms with Gasteiger partial charge in [0.1, 0.15) is 18.2 Å². The summed E-state index contributed by atoms with van der Waals surface area (Å²) in [5.74, 6) is -1.19. The van der Waals surface area contributed by atoms with Gasteiger partial charge in [-0.15, -0.1) is 0 Å². The van der Waals surface area contributed by atoms with E-state index in [1.807, 2.05) is 0 Å². The molecule has 0 aliphatic rings. The van der Waals surface area contributed by atoms with Gasteiger partial charge in [0.05, 0.1) is 0 Å². The van der Waals surface area contributed by atoms with Gasteiger partial charge in [-0.05, 0) is 44.7 Å². The Kier molecular flexibility index (Phi) is 9.27. The molecule has 0 heterocycles. The Bertz CT molecular complexity index is 753. The standard InChI is InChI=1S/C18H25N5O6/c1-18(2,3)29-17(27)21-14(15(24)25)5-4-10-20-16(26)28-11-12-6-8-13(9-7-12)22-23-19/h6-9,14H,4-5,10-11H2,1-3H3,(H,20,26)(H,21,27)(H,24,25)/t14-/m0/s1. The molecule has 1 aromatic rings. The smallest absolute Gasteiger partial charge is 0.408 e. The van der Waals surface area contributed by atoms with Crippen LogP contribution in [0.25, 0.3) is 10.4 Å². The van der Waals surface area contributed by atoms with Gasteiger partial charge in [0.15, 0.2) is 0 Å². The number of azide groups is 1. The lowest BCUT2D eigenvalue weighted by Crippen LogP contribution is -2.43. The fraction of sp³-hybridized carbons (Fsp3) is 0.500. The quantitative estimate of drug-likeness (QED) is 0.245. The number of rotatable bonds is 9. The number of amides is 2. The molecule has 0 saturated heterocycles. The largest absolute Gasteiger partial charge is 0.480 e. The number of carboxylic acids is 1. The molecule has 0 bridgehead atoms. The van der Waals surface area contributed by atoms with Gasteiger partial charge in [0.2, 0.25) is 0 Å². The number of alkyl carbamates (subject to hydrolysis) is 2. The number of hydrogen-bond acceptors (Lipinski definition) is 6. The maximum Gasteiger partial charge on any atom is 0.408 e. The molecule has 0 radical (unpaired) electrons. The predicted octanol–water partition coefficient (Wildman–Crippen LogP) is 3.61. The summed E-state index contributed by atoms with van der Waals surface area (Å²) in [6, 6.07) is 5.39. The zero-order valence-corrected chi connectivity index (χ0v) is 16.5. The van der Waals surface area contributed by atoms with Crippen LogP contribution in [0.3, 0.4) is 0 Å². The molecular weight excluding hydrogens is 382 g/mol. The Balaban J connectivity index is 2.31. The molecule has 11 nitrogen and oxygen atoms in total. The average molecular weight is 407 g/mol. The van der Waals surface area contributed by atoms with Crippen molar-refractivity contribution in [2.75, 3.05) is 6.54 Å². The number of ether oxygens (including phenoxy) is 2. The number of carbonyl (C=O) groups excluding carboxylic acids is 2. The summed E-state index contributed by atoms with van der Waals surface area (Å²) in [5, 5.41) is 17.4. The van der Waals surface area contributed by atoms with Crippen LogP contribution in [0.1, 0.15) is 39.2 Å². The molecule has 2 amide bonds. The molecule has 3 N–H and O–H groups in total. The molecule has 0 aromatic heterocycles. The van der Waals surface area contributed by atoms with E-state index in [0.717, 1.165) is 0 Å². The number of aliphatic carboxylic acids is 1. The lowest BCUT2D eigenvalue weighted by Gasteiger charge is -2.22. The van der Waals surface area contributed by atoms with Crippen LogP contribution in [0.4, 0.5) is 15.3 Å². The first-order valence-electron chi connectivity index (χ1n) is 8.87. The molecule has 158 valence electrons. The first kappa shape index (κ1) is 23.6. The van der Waals surface area contributed by atoms with Crippen molar-refractivity contribution in [2.24, 2.45) is 5.11 Å². The Hall–Kier alpha value is -3.46. The van der Waals surface area contributed by atoms with E-state index in [1.54, 1.807) is 45.0 Å². The Labute approximate surface area is 168 Å². The lowest BCUT2D eigenvalue weighted by atomic mass is 10.1. The first-order valence-corrected chi connectivity index (χ1v) is 8.87. The Morgan fingerprint density at radius 1 is 1.21 bits per heavy atom. The van der Waals surface area contributed by atoms with Crippen LogP contribution in [-0.2, 0) is 20.9 Å². The maximum atomic E-state index is 11.7. The molecule has 0 aliphatic heterocycles. The highest BCUT2D eigenvalue weighted by atomic mass is 16.6. The minimum atomic E-state index is -1.19. The topological polar surface area (TPSA) is 163 Å². The van der Waals surface area contributed by atoms with Crippen LogP contribution in [0.15, 0.2) is 29.4 Å². The second kappa shape index (κ2) is 11.4. The molecule has 0 unspecified atom stereocenters. The first-order chi connectivity index (χ1) is 13.6. The summed E-state index contributed by atoms with van der Waals surface area (Å²) in [5.41, 5.74) is 8.77. The molecule has 0 spiro atoms. The van der Waals surface area contributed by atoms with E-state index in [-0.39, 0.29) is 19.6 Å². The third-order valence-corrected chi connectivity index (χ3v) is 3.39. The average Bonchev–Trinajstić information content (AvgIpc) is 2.62. The van der Waals surface area contributed by atoms with Gasteiger partial charge < -0.3 is 25.2 Å². The zero-order valence-electron chi connectivity index (χ0n) is 16.5. The summed E-state index contributed by atoms with van der Waals surface area (Å²) in [6.07, 6.45) is -1.06. The normalized spacial score (nSPS) is 11.6. The number of carbonyl (C=O) groups is 3. The van der Waals surface area contributed by atoms with Crippen LogP contribution in [-0.4, -0.2) is 41.4 Å². The van der Waals surface area contributed by atoms with Crippen LogP contribution >= 0.6 is 0 Å². The van der Waals surface area contributed by atoms with Crippen molar-refractivity contribution in [3.63, 3.8) is 0 Å². The van der Waals surface area contributed by atoms with E-state index < -0.39 is 29.8 Å². The minimum absolute atomic E-state index is 0.0281. The van der Waals surface area contributed by atoms with Crippen molar-refractivity contribution in [1.82, 2.24) is 10.6 Å². The van der Waals surface area contributed by atoms with E-state index >= 15 is 0 Å². The number of nitrogens with zero attached hydrogens (tertiary/aromatic N) is 3. The number of carboxylic acid groups (broad SMARTS) is 1. The van der Waals surface area contributed by atoms with Gasteiger partial charge in [-0.25, -0.2) is 14.4 Å². The van der Waals surface area contributed by atoms with Crippen molar-refractivity contribution in [3.8, 4) is 0 Å². The van der Waals surface area contributed by atoms with Gasteiger partial charge in [-0.1, -0.05) is 29.4 Å². The minimum Gasteiger partial charge on any atom is -0.480 e. The van der Waals surface area contributed by atoms with Crippen molar-refractivity contribution in [2.45, 2.75) is 51.9 Å². The van der Waals surface area contributed by atoms with Crippen LogP contribution in [0.2, 0.25) is 0 Å². The third kappa shape index (κ3) is 10.5. The summed E-state index contributed by atoms with van der Waals surface area (Å²) >= 11 is 0. The van der Waals surface area contributed by atoms with Crippen molar-refractivity contribution >= 4 is 23.8 Å². The SMILES string of the molecule is CC(C)(C)OC(=O)N[C@@H](CCCNC(=O)OCc1ccc(N=[N+]=[N-])cc1)C(=O)O. The van der Waals surface area contributed by atoms with Crippen molar-refractivity contribution < 1.29 is 29.0 Å². The Morgan fingerprint density at radius 2 is 1.86 bits per heavy atom. The van der Waals surface area contributed by atoms with E-state index in [4.69, 9.17) is 15.0 Å². The monoisotopic (exact) mass is 407 g/mol. The molecule has 29 heavy (non-hydrogen) atoms. The number of nitrogens with one attached hydrogen (secondary N) is 2.